The first-order valence-electron chi connectivity index (χ1n) is 6.24. The lowest BCUT2D eigenvalue weighted by Gasteiger charge is -2.40. The van der Waals surface area contributed by atoms with Gasteiger partial charge in [0.05, 0.1) is 12.2 Å². The van der Waals surface area contributed by atoms with Gasteiger partial charge in [0.2, 0.25) is 0 Å². The van der Waals surface area contributed by atoms with Crippen LogP contribution in [0, 0.1) is 0 Å². The quantitative estimate of drug-likeness (QED) is 0.701. The summed E-state index contributed by atoms with van der Waals surface area (Å²) in [6, 6.07) is 0.463. The summed E-state index contributed by atoms with van der Waals surface area (Å²) >= 11 is 0. The normalized spacial score (nSPS) is 23.2. The Morgan fingerprint density at radius 2 is 2.06 bits per heavy atom. The standard InChI is InChI=1S/C12H26N2O2/c1-12(15)5-8-14(9-6-12)11(10-16-2)4-3-7-13/h11,15H,3-10,13H2,1-2H3. The van der Waals surface area contributed by atoms with Gasteiger partial charge in [0, 0.05) is 26.2 Å². The maximum absolute atomic E-state index is 9.90. The molecule has 1 atom stereocenters. The molecule has 96 valence electrons. The Hall–Kier alpha value is -0.160. The Balaban J connectivity index is 2.39. The molecule has 0 saturated carbocycles. The summed E-state index contributed by atoms with van der Waals surface area (Å²) in [5.74, 6) is 0. The Bertz CT molecular complexity index is 187. The molecule has 4 heteroatoms. The lowest BCUT2D eigenvalue weighted by molar-refractivity contribution is -0.0280. The molecule has 4 nitrogen and oxygen atoms in total. The third-order valence-electron chi connectivity index (χ3n) is 3.49. The second-order valence-corrected chi connectivity index (χ2v) is 5.07. The molecule has 0 radical (unpaired) electrons. The number of ether oxygens (including phenoxy) is 1. The number of piperidine rings is 1. The third-order valence-corrected chi connectivity index (χ3v) is 3.49. The van der Waals surface area contributed by atoms with E-state index < -0.39 is 5.60 Å². The van der Waals surface area contributed by atoms with Gasteiger partial charge in [-0.25, -0.2) is 0 Å². The maximum atomic E-state index is 9.90. The molecule has 1 aliphatic heterocycles. The first kappa shape index (κ1) is 13.9. The van der Waals surface area contributed by atoms with Crippen LogP contribution in [-0.4, -0.2) is 55.0 Å². The fourth-order valence-electron chi connectivity index (χ4n) is 2.29. The van der Waals surface area contributed by atoms with Crippen LogP contribution in [-0.2, 0) is 4.74 Å². The molecule has 1 saturated heterocycles. The van der Waals surface area contributed by atoms with Crippen LogP contribution in [0.5, 0.6) is 0 Å². The molecule has 0 aromatic heterocycles. The molecule has 1 rings (SSSR count). The van der Waals surface area contributed by atoms with Crippen LogP contribution in [0.15, 0.2) is 0 Å². The minimum absolute atomic E-state index is 0.463. The van der Waals surface area contributed by atoms with Gasteiger partial charge >= 0.3 is 0 Å². The number of aliphatic hydroxyl groups is 1. The van der Waals surface area contributed by atoms with Gasteiger partial charge in [0.25, 0.3) is 0 Å². The smallest absolute Gasteiger partial charge is 0.0644 e. The Morgan fingerprint density at radius 3 is 2.56 bits per heavy atom. The van der Waals surface area contributed by atoms with Crippen LogP contribution >= 0.6 is 0 Å². The van der Waals surface area contributed by atoms with Crippen molar-refractivity contribution in [2.24, 2.45) is 5.73 Å². The lowest BCUT2D eigenvalue weighted by Crippen LogP contribution is -2.48. The summed E-state index contributed by atoms with van der Waals surface area (Å²) in [6.07, 6.45) is 3.85. The fraction of sp³-hybridized carbons (Fsp3) is 1.00. The summed E-state index contributed by atoms with van der Waals surface area (Å²) < 4.78 is 5.26. The highest BCUT2D eigenvalue weighted by molar-refractivity contribution is 4.85. The van der Waals surface area contributed by atoms with Gasteiger partial charge in [0.15, 0.2) is 0 Å². The second kappa shape index (κ2) is 6.55. The highest BCUT2D eigenvalue weighted by Crippen LogP contribution is 2.23. The average molecular weight is 230 g/mol. The molecule has 1 aliphatic rings. The van der Waals surface area contributed by atoms with Crippen LogP contribution < -0.4 is 5.73 Å². The van der Waals surface area contributed by atoms with Crippen molar-refractivity contribution in [2.45, 2.75) is 44.2 Å². The van der Waals surface area contributed by atoms with E-state index in [-0.39, 0.29) is 0 Å². The third kappa shape index (κ3) is 4.37. The van der Waals surface area contributed by atoms with E-state index in [0.717, 1.165) is 51.9 Å². The van der Waals surface area contributed by atoms with Gasteiger partial charge < -0.3 is 15.6 Å². The second-order valence-electron chi connectivity index (χ2n) is 5.07. The van der Waals surface area contributed by atoms with Crippen LogP contribution in [0.1, 0.15) is 32.6 Å². The maximum Gasteiger partial charge on any atom is 0.0644 e. The van der Waals surface area contributed by atoms with E-state index in [0.29, 0.717) is 6.04 Å². The molecule has 0 amide bonds. The number of hydrogen-bond acceptors (Lipinski definition) is 4. The zero-order valence-corrected chi connectivity index (χ0v) is 10.6. The largest absolute Gasteiger partial charge is 0.390 e. The van der Waals surface area contributed by atoms with Gasteiger partial charge in [0.1, 0.15) is 0 Å². The number of nitrogens with two attached hydrogens (primary N) is 1. The Morgan fingerprint density at radius 1 is 1.44 bits per heavy atom. The summed E-state index contributed by atoms with van der Waals surface area (Å²) in [6.45, 7) is 5.36. The zero-order chi connectivity index (χ0) is 12.0. The summed E-state index contributed by atoms with van der Waals surface area (Å²) in [5, 5.41) is 9.90. The minimum Gasteiger partial charge on any atom is -0.390 e. The highest BCUT2D eigenvalue weighted by Gasteiger charge is 2.30. The average Bonchev–Trinajstić information content (AvgIpc) is 2.25. The van der Waals surface area contributed by atoms with Crippen molar-refractivity contribution in [1.82, 2.24) is 4.90 Å². The van der Waals surface area contributed by atoms with Crippen molar-refractivity contribution in [1.29, 1.82) is 0 Å². The molecule has 16 heavy (non-hydrogen) atoms. The Kier molecular flexibility index (Phi) is 5.69. The molecule has 0 aromatic rings. The zero-order valence-electron chi connectivity index (χ0n) is 10.6. The molecule has 1 unspecified atom stereocenters. The SMILES string of the molecule is COCC(CCCN)N1CCC(C)(O)CC1. The summed E-state index contributed by atoms with van der Waals surface area (Å²) in [4.78, 5) is 2.43. The molecule has 0 aromatic carbocycles. The van der Waals surface area contributed by atoms with E-state index >= 15 is 0 Å². The number of hydrogen-bond donors (Lipinski definition) is 2. The molecule has 1 heterocycles. The van der Waals surface area contributed by atoms with E-state index in [9.17, 15) is 5.11 Å². The van der Waals surface area contributed by atoms with Crippen molar-refractivity contribution < 1.29 is 9.84 Å². The predicted octanol–water partition coefficient (Wildman–Crippen LogP) is 0.587. The van der Waals surface area contributed by atoms with Gasteiger partial charge in [-0.15, -0.1) is 0 Å². The first-order valence-corrected chi connectivity index (χ1v) is 6.24. The highest BCUT2D eigenvalue weighted by atomic mass is 16.5. The molecule has 0 spiro atoms. The number of likely N-dealkylation sites (tertiary alicyclic amines) is 1. The van der Waals surface area contributed by atoms with E-state index in [1.54, 1.807) is 7.11 Å². The van der Waals surface area contributed by atoms with E-state index in [2.05, 4.69) is 4.90 Å². The van der Waals surface area contributed by atoms with E-state index in [4.69, 9.17) is 10.5 Å². The van der Waals surface area contributed by atoms with Gasteiger partial charge in [-0.1, -0.05) is 0 Å². The lowest BCUT2D eigenvalue weighted by atomic mass is 9.92. The summed E-state index contributed by atoms with van der Waals surface area (Å²) in [5.41, 5.74) is 5.08. The van der Waals surface area contributed by atoms with Crippen molar-refractivity contribution in [3.63, 3.8) is 0 Å². The van der Waals surface area contributed by atoms with Crippen molar-refractivity contribution in [2.75, 3.05) is 33.4 Å². The van der Waals surface area contributed by atoms with E-state index in [1.807, 2.05) is 6.92 Å². The van der Waals surface area contributed by atoms with Crippen LogP contribution in [0.4, 0.5) is 0 Å². The van der Waals surface area contributed by atoms with Crippen molar-refractivity contribution in [3.8, 4) is 0 Å². The van der Waals surface area contributed by atoms with Crippen LogP contribution in [0.25, 0.3) is 0 Å². The van der Waals surface area contributed by atoms with Crippen LogP contribution in [0.3, 0.4) is 0 Å². The topological polar surface area (TPSA) is 58.7 Å². The van der Waals surface area contributed by atoms with E-state index in [1.165, 1.54) is 0 Å². The van der Waals surface area contributed by atoms with Crippen molar-refractivity contribution >= 4 is 0 Å². The predicted molar refractivity (Wildman–Crippen MR) is 65.4 cm³/mol. The molecular weight excluding hydrogens is 204 g/mol. The van der Waals surface area contributed by atoms with Gasteiger partial charge in [-0.2, -0.15) is 0 Å². The number of nitrogens with zero attached hydrogens (tertiary/aromatic N) is 1. The molecule has 3 N–H and O–H groups in total. The molecule has 1 fully saturated rings. The first-order chi connectivity index (χ1) is 7.59. The van der Waals surface area contributed by atoms with Gasteiger partial charge in [-0.3, -0.25) is 4.90 Å². The molecule has 0 aliphatic carbocycles. The minimum atomic E-state index is -0.470. The molecule has 0 bridgehead atoms. The monoisotopic (exact) mass is 230 g/mol. The fourth-order valence-corrected chi connectivity index (χ4v) is 2.29. The van der Waals surface area contributed by atoms with Crippen molar-refractivity contribution in [3.05, 3.63) is 0 Å². The van der Waals surface area contributed by atoms with Gasteiger partial charge in [-0.05, 0) is 39.2 Å². The Labute approximate surface area is 98.8 Å². The van der Waals surface area contributed by atoms with Crippen LogP contribution in [0.2, 0.25) is 0 Å². The summed E-state index contributed by atoms with van der Waals surface area (Å²) in [7, 11) is 1.75. The molecular formula is C12H26N2O2. The number of rotatable bonds is 6. The number of methoxy groups -OCH3 is 1.